The molecule has 0 spiro atoms. The van der Waals surface area contributed by atoms with Gasteiger partial charge in [0.05, 0.1) is 22.1 Å². The molecule has 0 unspecified atom stereocenters. The standard InChI is InChI=1S/C27H21FN8O3S/c1-16(17-8-12-20(13-9-17)40(29,37)38)30-27-32-23-15-14-21(18-6-10-19(28)11-7-18)31-25(23)26(33-27)39-36-24-5-3-2-4-22(24)34-35-36/h2-16H,1H3,(H2,29,37,38)(H,30,32,33)/t16-/m1/s1. The van der Waals surface area contributed by atoms with Gasteiger partial charge in [0.1, 0.15) is 16.9 Å². The molecule has 6 aromatic rings. The smallest absolute Gasteiger partial charge is 0.280 e. The van der Waals surface area contributed by atoms with E-state index in [0.29, 0.717) is 33.3 Å². The molecule has 200 valence electrons. The van der Waals surface area contributed by atoms with E-state index in [4.69, 9.17) is 15.0 Å². The second kappa shape index (κ2) is 9.94. The number of hydrogen-bond donors (Lipinski definition) is 2. The quantitative estimate of drug-likeness (QED) is 0.294. The fraction of sp³-hybridized carbons (Fsp3) is 0.0741. The molecular formula is C27H21FN8O3S. The van der Waals surface area contributed by atoms with Crippen LogP contribution in [-0.4, -0.2) is 38.5 Å². The summed E-state index contributed by atoms with van der Waals surface area (Å²) in [5, 5.41) is 16.6. The summed E-state index contributed by atoms with van der Waals surface area (Å²) in [5.41, 5.74) is 4.17. The molecule has 6 rings (SSSR count). The number of pyridine rings is 1. The third-order valence-electron chi connectivity index (χ3n) is 6.20. The van der Waals surface area contributed by atoms with Gasteiger partial charge in [0.25, 0.3) is 5.88 Å². The van der Waals surface area contributed by atoms with Gasteiger partial charge < -0.3 is 10.2 Å². The highest BCUT2D eigenvalue weighted by Gasteiger charge is 2.18. The van der Waals surface area contributed by atoms with Crippen LogP contribution in [0.2, 0.25) is 0 Å². The highest BCUT2D eigenvalue weighted by atomic mass is 32.2. The number of anilines is 1. The number of aromatic nitrogens is 6. The number of halogens is 1. The first-order valence-corrected chi connectivity index (χ1v) is 13.6. The first-order valence-electron chi connectivity index (χ1n) is 12.1. The molecule has 0 aliphatic heterocycles. The summed E-state index contributed by atoms with van der Waals surface area (Å²) in [6.45, 7) is 1.88. The number of primary sulfonamides is 1. The fourth-order valence-corrected chi connectivity index (χ4v) is 4.63. The minimum absolute atomic E-state index is 0.0178. The molecule has 11 nitrogen and oxygen atoms in total. The number of nitrogens with one attached hydrogen (secondary N) is 1. The molecule has 1 atom stereocenters. The molecule has 0 fully saturated rings. The van der Waals surface area contributed by atoms with Crippen LogP contribution in [-0.2, 0) is 10.0 Å². The van der Waals surface area contributed by atoms with Crippen LogP contribution in [0.5, 0.6) is 5.88 Å². The normalized spacial score (nSPS) is 12.5. The molecule has 3 aromatic heterocycles. The van der Waals surface area contributed by atoms with E-state index in [1.54, 1.807) is 42.5 Å². The van der Waals surface area contributed by atoms with E-state index >= 15 is 0 Å². The zero-order valence-corrected chi connectivity index (χ0v) is 21.7. The van der Waals surface area contributed by atoms with Crippen molar-refractivity contribution in [2.24, 2.45) is 5.14 Å². The number of rotatable bonds is 7. The van der Waals surface area contributed by atoms with E-state index in [9.17, 15) is 12.8 Å². The number of nitrogens with two attached hydrogens (primary N) is 1. The van der Waals surface area contributed by atoms with Crippen LogP contribution in [0.3, 0.4) is 0 Å². The molecule has 0 saturated carbocycles. The summed E-state index contributed by atoms with van der Waals surface area (Å²) in [7, 11) is -3.80. The minimum Gasteiger partial charge on any atom is -0.348 e. The summed E-state index contributed by atoms with van der Waals surface area (Å²) in [6.07, 6.45) is 0. The van der Waals surface area contributed by atoms with Crippen LogP contribution in [0, 0.1) is 5.82 Å². The van der Waals surface area contributed by atoms with Crippen molar-refractivity contribution in [2.75, 3.05) is 5.32 Å². The van der Waals surface area contributed by atoms with Crippen molar-refractivity contribution in [3.05, 3.63) is 96.3 Å². The van der Waals surface area contributed by atoms with E-state index in [0.717, 1.165) is 5.56 Å². The predicted molar refractivity (Wildman–Crippen MR) is 146 cm³/mol. The molecular weight excluding hydrogens is 535 g/mol. The zero-order chi connectivity index (χ0) is 27.9. The monoisotopic (exact) mass is 556 g/mol. The number of fused-ring (bicyclic) bond motifs is 2. The predicted octanol–water partition coefficient (Wildman–Crippen LogP) is 4.24. The average molecular weight is 557 g/mol. The van der Waals surface area contributed by atoms with Gasteiger partial charge in [-0.15, -0.1) is 5.10 Å². The Hall–Kier alpha value is -5.01. The Morgan fingerprint density at radius 1 is 0.900 bits per heavy atom. The Bertz CT molecular complexity index is 1960. The van der Waals surface area contributed by atoms with Gasteiger partial charge in [-0.3, -0.25) is 0 Å². The Kier molecular flexibility index (Phi) is 6.28. The topological polar surface area (TPSA) is 151 Å². The van der Waals surface area contributed by atoms with E-state index in [1.165, 1.54) is 29.1 Å². The van der Waals surface area contributed by atoms with Crippen LogP contribution in [0.1, 0.15) is 18.5 Å². The van der Waals surface area contributed by atoms with E-state index in [2.05, 4.69) is 25.6 Å². The van der Waals surface area contributed by atoms with Crippen molar-refractivity contribution >= 4 is 38.0 Å². The third-order valence-corrected chi connectivity index (χ3v) is 7.13. The molecule has 0 saturated heterocycles. The number of para-hydroxylation sites is 1. The minimum atomic E-state index is -3.80. The van der Waals surface area contributed by atoms with Crippen LogP contribution in [0.15, 0.2) is 89.8 Å². The van der Waals surface area contributed by atoms with Crippen LogP contribution in [0.4, 0.5) is 10.3 Å². The number of benzene rings is 3. The summed E-state index contributed by atoms with van der Waals surface area (Å²) < 4.78 is 36.7. The lowest BCUT2D eigenvalue weighted by molar-refractivity contribution is 0.178. The van der Waals surface area contributed by atoms with E-state index in [1.807, 2.05) is 25.1 Å². The lowest BCUT2D eigenvalue weighted by atomic mass is 10.1. The zero-order valence-electron chi connectivity index (χ0n) is 20.9. The molecule has 0 bridgehead atoms. The second-order valence-corrected chi connectivity index (χ2v) is 10.5. The molecule has 13 heteroatoms. The SMILES string of the molecule is C[C@@H](Nc1nc(On2nnc3ccccc32)c2nc(-c3ccc(F)cc3)ccc2n1)c1ccc(S(N)(=O)=O)cc1. The Balaban J connectivity index is 1.40. The highest BCUT2D eigenvalue weighted by molar-refractivity contribution is 7.89. The van der Waals surface area contributed by atoms with E-state index < -0.39 is 10.0 Å². The second-order valence-electron chi connectivity index (χ2n) is 8.95. The van der Waals surface area contributed by atoms with E-state index in [-0.39, 0.29) is 28.6 Å². The molecule has 0 aliphatic rings. The van der Waals surface area contributed by atoms with Crippen LogP contribution >= 0.6 is 0 Å². The maximum Gasteiger partial charge on any atom is 0.280 e. The van der Waals surface area contributed by atoms with Crippen molar-refractivity contribution in [1.82, 2.24) is 30.1 Å². The lowest BCUT2D eigenvalue weighted by Gasteiger charge is -2.16. The van der Waals surface area contributed by atoms with Crippen molar-refractivity contribution in [3.63, 3.8) is 0 Å². The number of hydrogen-bond acceptors (Lipinski definition) is 9. The Labute approximate surface area is 227 Å². The molecule has 3 heterocycles. The van der Waals surface area contributed by atoms with Gasteiger partial charge in [-0.05, 0) is 78.4 Å². The average Bonchev–Trinajstić information content (AvgIpc) is 3.35. The summed E-state index contributed by atoms with van der Waals surface area (Å²) in [6, 6.07) is 22.7. The summed E-state index contributed by atoms with van der Waals surface area (Å²) in [4.78, 5) is 21.3. The lowest BCUT2D eigenvalue weighted by Crippen LogP contribution is -2.14. The maximum atomic E-state index is 13.5. The highest BCUT2D eigenvalue weighted by Crippen LogP contribution is 2.29. The van der Waals surface area contributed by atoms with Gasteiger partial charge in [0.2, 0.25) is 16.0 Å². The van der Waals surface area contributed by atoms with Crippen molar-refractivity contribution in [3.8, 4) is 17.1 Å². The molecule has 40 heavy (non-hydrogen) atoms. The summed E-state index contributed by atoms with van der Waals surface area (Å²) >= 11 is 0. The Morgan fingerprint density at radius 3 is 2.40 bits per heavy atom. The van der Waals surface area contributed by atoms with Gasteiger partial charge in [0, 0.05) is 5.56 Å². The first-order chi connectivity index (χ1) is 19.2. The molecule has 0 radical (unpaired) electrons. The summed E-state index contributed by atoms with van der Waals surface area (Å²) in [5.74, 6) is 0.00856. The largest absolute Gasteiger partial charge is 0.348 e. The maximum absolute atomic E-state index is 13.5. The number of sulfonamides is 1. The van der Waals surface area contributed by atoms with Gasteiger partial charge in [-0.2, -0.15) is 4.98 Å². The van der Waals surface area contributed by atoms with Gasteiger partial charge >= 0.3 is 0 Å². The van der Waals surface area contributed by atoms with Gasteiger partial charge in [0.15, 0.2) is 5.52 Å². The van der Waals surface area contributed by atoms with Crippen LogP contribution in [0.25, 0.3) is 33.3 Å². The van der Waals surface area contributed by atoms with Crippen molar-refractivity contribution in [1.29, 1.82) is 0 Å². The van der Waals surface area contributed by atoms with Crippen molar-refractivity contribution in [2.45, 2.75) is 17.9 Å². The molecule has 0 amide bonds. The van der Waals surface area contributed by atoms with Gasteiger partial charge in [-0.25, -0.2) is 27.9 Å². The van der Waals surface area contributed by atoms with Crippen LogP contribution < -0.4 is 15.3 Å². The fourth-order valence-electron chi connectivity index (χ4n) is 4.12. The Morgan fingerprint density at radius 2 is 1.65 bits per heavy atom. The first kappa shape index (κ1) is 25.3. The number of nitrogens with zero attached hydrogens (tertiary/aromatic N) is 6. The van der Waals surface area contributed by atoms with Gasteiger partial charge in [-0.1, -0.05) is 29.1 Å². The molecule has 3 aromatic carbocycles. The molecule has 3 N–H and O–H groups in total. The third kappa shape index (κ3) is 5.02. The molecule has 0 aliphatic carbocycles. The van der Waals surface area contributed by atoms with Crippen molar-refractivity contribution < 1.29 is 17.6 Å².